The summed E-state index contributed by atoms with van der Waals surface area (Å²) in [6.07, 6.45) is -7.16. The number of benzene rings is 3. The van der Waals surface area contributed by atoms with Gasteiger partial charge in [0.05, 0.1) is 0 Å². The third-order valence-corrected chi connectivity index (χ3v) is 7.17. The first-order valence-corrected chi connectivity index (χ1v) is 11.7. The molecule has 0 unspecified atom stereocenters. The molecule has 3 aromatic rings. The van der Waals surface area contributed by atoms with E-state index >= 15 is 0 Å². The minimum atomic E-state index is -7.36. The van der Waals surface area contributed by atoms with Gasteiger partial charge in [-0.3, -0.25) is 0 Å². The highest BCUT2D eigenvalue weighted by Gasteiger charge is 2.85. The van der Waals surface area contributed by atoms with Crippen molar-refractivity contribution in [2.75, 3.05) is 0 Å². The SMILES string of the molecule is O=S(=O)(OSc1ccc(-c2ccc(-c3ccccc3)cc2)cc1)C(F)(F)C(F)(F)C(F)(F)C(F)(F)F. The van der Waals surface area contributed by atoms with Gasteiger partial charge in [-0.1, -0.05) is 66.7 Å². The summed E-state index contributed by atoms with van der Waals surface area (Å²) in [5.74, 6) is -14.7. The van der Waals surface area contributed by atoms with Crippen molar-refractivity contribution < 1.29 is 51.6 Å². The van der Waals surface area contributed by atoms with E-state index in [2.05, 4.69) is 3.63 Å². The van der Waals surface area contributed by atoms with Crippen LogP contribution in [0.15, 0.2) is 83.8 Å². The first kappa shape index (κ1) is 27.9. The number of alkyl halides is 9. The van der Waals surface area contributed by atoms with Crippen LogP contribution in [-0.4, -0.2) is 31.7 Å². The molecule has 0 bridgehead atoms. The first-order valence-electron chi connectivity index (χ1n) is 9.58. The van der Waals surface area contributed by atoms with Crippen molar-refractivity contribution in [1.29, 1.82) is 0 Å². The molecule has 0 saturated carbocycles. The summed E-state index contributed by atoms with van der Waals surface area (Å²) in [5, 5.41) is -6.91. The molecule has 14 heteroatoms. The maximum atomic E-state index is 13.7. The van der Waals surface area contributed by atoms with Crippen LogP contribution in [0, 0.1) is 0 Å². The van der Waals surface area contributed by atoms with Crippen molar-refractivity contribution in [1.82, 2.24) is 0 Å². The zero-order chi connectivity index (χ0) is 27.0. The molecule has 0 aliphatic carbocycles. The van der Waals surface area contributed by atoms with Crippen molar-refractivity contribution in [3.63, 3.8) is 0 Å². The van der Waals surface area contributed by atoms with E-state index in [1.165, 1.54) is 12.1 Å². The third kappa shape index (κ3) is 5.06. The zero-order valence-electron chi connectivity index (χ0n) is 17.4. The van der Waals surface area contributed by atoms with Gasteiger partial charge in [0.25, 0.3) is 0 Å². The minimum Gasteiger partial charge on any atom is -0.192 e. The lowest BCUT2D eigenvalue weighted by molar-refractivity contribution is -0.382. The van der Waals surface area contributed by atoms with Gasteiger partial charge in [-0.05, 0) is 34.4 Å². The molecule has 0 fully saturated rings. The van der Waals surface area contributed by atoms with E-state index in [9.17, 15) is 47.9 Å². The smallest absolute Gasteiger partial charge is 0.192 e. The Balaban J connectivity index is 1.73. The molecule has 0 amide bonds. The molecular weight excluding hydrogens is 547 g/mol. The quantitative estimate of drug-likeness (QED) is 0.208. The van der Waals surface area contributed by atoms with Crippen LogP contribution in [0.3, 0.4) is 0 Å². The summed E-state index contributed by atoms with van der Waals surface area (Å²) in [6, 6.07) is 21.6. The highest BCUT2D eigenvalue weighted by molar-refractivity contribution is 8.04. The molecule has 0 radical (unpaired) electrons. The molecule has 0 N–H and O–H groups in total. The van der Waals surface area contributed by atoms with Crippen LogP contribution in [0.25, 0.3) is 22.3 Å². The number of hydrogen-bond acceptors (Lipinski definition) is 4. The Bertz CT molecular complexity index is 1290. The monoisotopic (exact) mass is 560 g/mol. The average Bonchev–Trinajstić information content (AvgIpc) is 2.83. The van der Waals surface area contributed by atoms with Gasteiger partial charge in [0, 0.05) is 16.9 Å². The van der Waals surface area contributed by atoms with E-state index in [1.54, 1.807) is 12.1 Å². The molecule has 0 aliphatic heterocycles. The summed E-state index contributed by atoms with van der Waals surface area (Å²) in [4.78, 5) is -0.245. The molecule has 0 saturated heterocycles. The fourth-order valence-electron chi connectivity index (χ4n) is 2.83. The number of hydrogen-bond donors (Lipinski definition) is 0. The van der Waals surface area contributed by atoms with Crippen molar-refractivity contribution in [2.24, 2.45) is 0 Å². The maximum Gasteiger partial charge on any atom is 0.460 e. The van der Waals surface area contributed by atoms with Crippen LogP contribution in [0.1, 0.15) is 0 Å². The standard InChI is InChI=1S/C22H13F9O3S2/c23-19(24,21(27,28)29)20(25,26)22(30,31)36(32,33)34-35-18-12-10-17(11-13-18)16-8-6-15(7-9-16)14-4-2-1-3-5-14/h1-13H. The maximum absolute atomic E-state index is 13.7. The van der Waals surface area contributed by atoms with Crippen molar-refractivity contribution >= 4 is 22.2 Å². The van der Waals surface area contributed by atoms with Gasteiger partial charge >= 0.3 is 33.4 Å². The van der Waals surface area contributed by atoms with E-state index in [0.717, 1.165) is 23.3 Å². The molecule has 0 spiro atoms. The van der Waals surface area contributed by atoms with Gasteiger partial charge < -0.3 is 0 Å². The first-order chi connectivity index (χ1) is 16.5. The van der Waals surface area contributed by atoms with Crippen molar-refractivity contribution in [3.8, 4) is 22.3 Å². The molecule has 3 aromatic carbocycles. The summed E-state index contributed by atoms with van der Waals surface area (Å²) < 4.78 is 143. The molecule has 0 heterocycles. The van der Waals surface area contributed by atoms with E-state index < -0.39 is 45.4 Å². The Kier molecular flexibility index (Phi) is 7.46. The highest BCUT2D eigenvalue weighted by Crippen LogP contribution is 2.55. The van der Waals surface area contributed by atoms with E-state index in [0.29, 0.717) is 11.1 Å². The van der Waals surface area contributed by atoms with Crippen LogP contribution >= 0.6 is 12.0 Å². The second kappa shape index (κ2) is 9.63. The summed E-state index contributed by atoms with van der Waals surface area (Å²) >= 11 is -0.435. The molecule has 3 nitrogen and oxygen atoms in total. The topological polar surface area (TPSA) is 43.4 Å². The molecule has 194 valence electrons. The molecule has 3 rings (SSSR count). The molecule has 0 aromatic heterocycles. The molecular formula is C22H13F9O3S2. The highest BCUT2D eigenvalue weighted by atomic mass is 32.3. The summed E-state index contributed by atoms with van der Waals surface area (Å²) in [5.41, 5.74) is 3.15. The van der Waals surface area contributed by atoms with Crippen LogP contribution in [0.5, 0.6) is 0 Å². The average molecular weight is 560 g/mol. The number of halogens is 9. The fourth-order valence-corrected chi connectivity index (χ4v) is 4.54. The Hall–Kier alpha value is -2.71. The van der Waals surface area contributed by atoms with Crippen LogP contribution < -0.4 is 0 Å². The predicted octanol–water partition coefficient (Wildman–Crippen LogP) is 7.80. The fraction of sp³-hybridized carbons (Fsp3) is 0.182. The van der Waals surface area contributed by atoms with Crippen LogP contribution in [0.2, 0.25) is 0 Å². The predicted molar refractivity (Wildman–Crippen MR) is 114 cm³/mol. The van der Waals surface area contributed by atoms with E-state index in [-0.39, 0.29) is 4.90 Å². The Morgan fingerprint density at radius 2 is 0.944 bits per heavy atom. The lowest BCUT2D eigenvalue weighted by atomic mass is 10.0. The summed E-state index contributed by atoms with van der Waals surface area (Å²) in [6.45, 7) is 0. The van der Waals surface area contributed by atoms with Gasteiger partial charge in [-0.25, -0.2) is 0 Å². The lowest BCUT2D eigenvalue weighted by Crippen LogP contribution is -2.63. The van der Waals surface area contributed by atoms with Crippen LogP contribution in [-0.2, 0) is 13.7 Å². The second-order valence-electron chi connectivity index (χ2n) is 7.24. The number of rotatable bonds is 8. The molecule has 36 heavy (non-hydrogen) atoms. The van der Waals surface area contributed by atoms with Gasteiger partial charge in [-0.2, -0.15) is 51.6 Å². The molecule has 0 atom stereocenters. The van der Waals surface area contributed by atoms with Gasteiger partial charge in [0.2, 0.25) is 0 Å². The second-order valence-corrected chi connectivity index (χ2v) is 9.84. The Morgan fingerprint density at radius 1 is 0.556 bits per heavy atom. The van der Waals surface area contributed by atoms with Gasteiger partial charge in [0.1, 0.15) is 0 Å². The normalized spacial score (nSPS) is 13.6. The van der Waals surface area contributed by atoms with Gasteiger partial charge in [0.15, 0.2) is 0 Å². The van der Waals surface area contributed by atoms with Gasteiger partial charge in [-0.15, -0.1) is 0 Å². The summed E-state index contributed by atoms with van der Waals surface area (Å²) in [7, 11) is -6.95. The van der Waals surface area contributed by atoms with Crippen LogP contribution in [0.4, 0.5) is 39.5 Å². The van der Waals surface area contributed by atoms with Crippen molar-refractivity contribution in [3.05, 3.63) is 78.9 Å². The largest absolute Gasteiger partial charge is 0.460 e. The Morgan fingerprint density at radius 3 is 1.36 bits per heavy atom. The third-order valence-electron chi connectivity index (χ3n) is 4.83. The van der Waals surface area contributed by atoms with E-state index in [4.69, 9.17) is 0 Å². The minimum absolute atomic E-state index is 0.245. The van der Waals surface area contributed by atoms with E-state index in [1.807, 2.05) is 42.5 Å². The Labute approximate surface area is 203 Å². The van der Waals surface area contributed by atoms with Crippen molar-refractivity contribution in [2.45, 2.75) is 28.2 Å². The molecule has 0 aliphatic rings. The zero-order valence-corrected chi connectivity index (χ0v) is 19.1. The lowest BCUT2D eigenvalue weighted by Gasteiger charge is -2.32.